The Morgan fingerprint density at radius 2 is 1.87 bits per heavy atom. The van der Waals surface area contributed by atoms with Gasteiger partial charge in [-0.3, -0.25) is 4.79 Å². The molecule has 0 atom stereocenters. The Balaban J connectivity index is 2.51. The highest BCUT2D eigenvalue weighted by Gasteiger charge is 2.14. The van der Waals surface area contributed by atoms with E-state index in [4.69, 9.17) is 0 Å². The second-order valence-corrected chi connectivity index (χ2v) is 6.43. The fourth-order valence-electron chi connectivity index (χ4n) is 2.51. The summed E-state index contributed by atoms with van der Waals surface area (Å²) in [5.74, 6) is 1.29. The summed E-state index contributed by atoms with van der Waals surface area (Å²) >= 11 is 0. The number of nitrogens with zero attached hydrogens (tertiary/aromatic N) is 4. The number of carbonyl (C=O) groups is 1. The van der Waals surface area contributed by atoms with Gasteiger partial charge in [-0.2, -0.15) is 0 Å². The van der Waals surface area contributed by atoms with Gasteiger partial charge in [0.15, 0.2) is 0 Å². The van der Waals surface area contributed by atoms with Gasteiger partial charge < -0.3 is 14.4 Å². The van der Waals surface area contributed by atoms with Crippen LogP contribution in [0.1, 0.15) is 51.8 Å². The minimum Gasteiger partial charge on any atom is -0.341 e. The molecule has 1 rings (SSSR count). The highest BCUT2D eigenvalue weighted by atomic mass is 16.2. The highest BCUT2D eigenvalue weighted by molar-refractivity contribution is 5.76. The van der Waals surface area contributed by atoms with Crippen molar-refractivity contribution < 1.29 is 4.79 Å². The quantitative estimate of drug-likeness (QED) is 0.594. The zero-order chi connectivity index (χ0) is 17.1. The number of aromatic nitrogens is 2. The van der Waals surface area contributed by atoms with Crippen molar-refractivity contribution in [3.63, 3.8) is 0 Å². The van der Waals surface area contributed by atoms with Crippen LogP contribution in [0.25, 0.3) is 0 Å². The van der Waals surface area contributed by atoms with E-state index < -0.39 is 0 Å². The average Bonchev–Trinajstić information content (AvgIpc) is 2.97. The molecule has 0 saturated heterocycles. The van der Waals surface area contributed by atoms with Crippen LogP contribution in [0.3, 0.4) is 0 Å². The zero-order valence-corrected chi connectivity index (χ0v) is 15.4. The fourth-order valence-corrected chi connectivity index (χ4v) is 2.51. The van der Waals surface area contributed by atoms with E-state index in [1.54, 1.807) is 0 Å². The summed E-state index contributed by atoms with van der Waals surface area (Å²) < 4.78 is 2.19. The van der Waals surface area contributed by atoms with Crippen LogP contribution in [-0.2, 0) is 17.8 Å². The van der Waals surface area contributed by atoms with Crippen LogP contribution < -0.4 is 0 Å². The number of amides is 1. The van der Waals surface area contributed by atoms with Gasteiger partial charge in [0.05, 0.1) is 0 Å². The molecule has 0 spiro atoms. The smallest absolute Gasteiger partial charge is 0.223 e. The maximum Gasteiger partial charge on any atom is 0.223 e. The van der Waals surface area contributed by atoms with E-state index in [1.807, 2.05) is 31.4 Å². The molecule has 0 N–H and O–H groups in total. The molecule has 0 bridgehead atoms. The number of unbranched alkanes of at least 4 members (excludes halogenated alkanes) is 2. The molecule has 0 aliphatic rings. The van der Waals surface area contributed by atoms with Gasteiger partial charge in [0, 0.05) is 51.4 Å². The third-order valence-electron chi connectivity index (χ3n) is 4.07. The number of likely N-dealkylation sites (N-methyl/N-ethyl adjacent to an activating group) is 1. The largest absolute Gasteiger partial charge is 0.341 e. The fraction of sp³-hybridized carbons (Fsp3) is 0.778. The molecule has 0 radical (unpaired) electrons. The summed E-state index contributed by atoms with van der Waals surface area (Å²) in [7, 11) is 4.10. The Labute approximate surface area is 141 Å². The van der Waals surface area contributed by atoms with Crippen molar-refractivity contribution in [1.82, 2.24) is 19.4 Å². The lowest BCUT2D eigenvalue weighted by Gasteiger charge is -2.24. The first-order valence-electron chi connectivity index (χ1n) is 9.01. The van der Waals surface area contributed by atoms with Crippen LogP contribution in [0.4, 0.5) is 0 Å². The SMILES string of the molecule is CCCCN(CCN(C)C)C(=O)CCc1nccn1CCCC. The summed E-state index contributed by atoms with van der Waals surface area (Å²) in [4.78, 5) is 21.1. The minimum atomic E-state index is 0.255. The molecule has 0 aromatic carbocycles. The van der Waals surface area contributed by atoms with Crippen molar-refractivity contribution in [2.45, 2.75) is 58.9 Å². The van der Waals surface area contributed by atoms with Crippen molar-refractivity contribution >= 4 is 5.91 Å². The number of imidazole rings is 1. The Kier molecular flexibility index (Phi) is 9.60. The number of rotatable bonds is 12. The van der Waals surface area contributed by atoms with Crippen molar-refractivity contribution in [3.05, 3.63) is 18.2 Å². The Hall–Kier alpha value is -1.36. The first kappa shape index (κ1) is 19.7. The number of aryl methyl sites for hydroxylation is 2. The van der Waals surface area contributed by atoms with Gasteiger partial charge in [0.25, 0.3) is 0 Å². The molecule has 1 aromatic rings. The number of carbonyl (C=O) groups excluding carboxylic acids is 1. The minimum absolute atomic E-state index is 0.255. The van der Waals surface area contributed by atoms with Gasteiger partial charge in [0.2, 0.25) is 5.91 Å². The molecule has 5 nitrogen and oxygen atoms in total. The van der Waals surface area contributed by atoms with Gasteiger partial charge in [-0.25, -0.2) is 4.98 Å². The summed E-state index contributed by atoms with van der Waals surface area (Å²) in [5, 5.41) is 0. The van der Waals surface area contributed by atoms with E-state index >= 15 is 0 Å². The molecule has 23 heavy (non-hydrogen) atoms. The maximum atomic E-state index is 12.6. The first-order chi connectivity index (χ1) is 11.1. The van der Waals surface area contributed by atoms with Crippen LogP contribution in [0.15, 0.2) is 12.4 Å². The molecule has 1 aromatic heterocycles. The predicted octanol–water partition coefficient (Wildman–Crippen LogP) is 2.81. The van der Waals surface area contributed by atoms with Gasteiger partial charge in [0.1, 0.15) is 5.82 Å². The van der Waals surface area contributed by atoms with E-state index in [2.05, 4.69) is 28.3 Å². The summed E-state index contributed by atoms with van der Waals surface area (Å²) in [6.45, 7) is 7.96. The third-order valence-corrected chi connectivity index (χ3v) is 4.07. The zero-order valence-electron chi connectivity index (χ0n) is 15.4. The second kappa shape index (κ2) is 11.2. The lowest BCUT2D eigenvalue weighted by molar-refractivity contribution is -0.131. The molecule has 0 saturated carbocycles. The van der Waals surface area contributed by atoms with Gasteiger partial charge in [-0.05, 0) is 26.9 Å². The average molecular weight is 322 g/mol. The van der Waals surface area contributed by atoms with Crippen molar-refractivity contribution in [3.8, 4) is 0 Å². The van der Waals surface area contributed by atoms with Gasteiger partial charge in [-0.1, -0.05) is 26.7 Å². The van der Waals surface area contributed by atoms with Crippen LogP contribution >= 0.6 is 0 Å². The lowest BCUT2D eigenvalue weighted by Crippen LogP contribution is -2.37. The number of hydrogen-bond acceptors (Lipinski definition) is 3. The van der Waals surface area contributed by atoms with Crippen LogP contribution in [0.2, 0.25) is 0 Å². The van der Waals surface area contributed by atoms with E-state index in [0.29, 0.717) is 6.42 Å². The molecule has 0 fully saturated rings. The second-order valence-electron chi connectivity index (χ2n) is 6.43. The van der Waals surface area contributed by atoms with Crippen LogP contribution in [0.5, 0.6) is 0 Å². The van der Waals surface area contributed by atoms with E-state index in [-0.39, 0.29) is 5.91 Å². The van der Waals surface area contributed by atoms with Crippen LogP contribution in [0, 0.1) is 0 Å². The van der Waals surface area contributed by atoms with E-state index in [1.165, 1.54) is 6.42 Å². The third kappa shape index (κ3) is 7.64. The maximum absolute atomic E-state index is 12.6. The highest BCUT2D eigenvalue weighted by Crippen LogP contribution is 2.07. The molecule has 0 aliphatic carbocycles. The molecule has 132 valence electrons. The normalized spacial score (nSPS) is 11.2. The molecular weight excluding hydrogens is 288 g/mol. The lowest BCUT2D eigenvalue weighted by atomic mass is 10.2. The standard InChI is InChI=1S/C18H34N4O/c1-5-7-12-21-14-11-19-17(21)9-10-18(23)22(13-8-6-2)16-15-20(3)4/h11,14H,5-10,12-13,15-16H2,1-4H3. The summed E-state index contributed by atoms with van der Waals surface area (Å²) in [5.41, 5.74) is 0. The van der Waals surface area contributed by atoms with E-state index in [9.17, 15) is 4.79 Å². The van der Waals surface area contributed by atoms with Crippen molar-refractivity contribution in [2.24, 2.45) is 0 Å². The molecule has 0 unspecified atom stereocenters. The molecule has 5 heteroatoms. The molecule has 1 amide bonds. The molecule has 1 heterocycles. The van der Waals surface area contributed by atoms with Gasteiger partial charge >= 0.3 is 0 Å². The number of hydrogen-bond donors (Lipinski definition) is 0. The van der Waals surface area contributed by atoms with Gasteiger partial charge in [-0.15, -0.1) is 0 Å². The first-order valence-corrected chi connectivity index (χ1v) is 9.01. The van der Waals surface area contributed by atoms with Crippen molar-refractivity contribution in [1.29, 1.82) is 0 Å². The Morgan fingerprint density at radius 3 is 2.52 bits per heavy atom. The summed E-state index contributed by atoms with van der Waals surface area (Å²) in [6.07, 6.45) is 9.68. The monoisotopic (exact) mass is 322 g/mol. The van der Waals surface area contributed by atoms with Crippen LogP contribution in [-0.4, -0.2) is 59.0 Å². The van der Waals surface area contributed by atoms with Crippen molar-refractivity contribution in [2.75, 3.05) is 33.7 Å². The summed E-state index contributed by atoms with van der Waals surface area (Å²) in [6, 6.07) is 0. The Bertz CT molecular complexity index is 442. The van der Waals surface area contributed by atoms with E-state index in [0.717, 1.165) is 57.7 Å². The predicted molar refractivity (Wildman–Crippen MR) is 95.5 cm³/mol. The molecule has 0 aliphatic heterocycles. The topological polar surface area (TPSA) is 41.4 Å². The Morgan fingerprint density at radius 1 is 1.13 bits per heavy atom. The molecular formula is C18H34N4O.